The standard InChI is InChI=1S/C14H25N3O3S/c1-11(2)10-20-6-5-16-21(18,19)14-7-13(8-15)17(9-14)12-3-4-12/h7,9,11-12,16H,3-6,8,10,15H2,1-2H3. The molecule has 7 heteroatoms. The van der Waals surface area contributed by atoms with Gasteiger partial charge < -0.3 is 15.0 Å². The number of rotatable bonds is 9. The molecule has 3 N–H and O–H groups in total. The lowest BCUT2D eigenvalue weighted by Crippen LogP contribution is -2.27. The summed E-state index contributed by atoms with van der Waals surface area (Å²) in [5.74, 6) is 0.446. The first-order chi connectivity index (χ1) is 9.94. The number of sulfonamides is 1. The number of hydrogen-bond acceptors (Lipinski definition) is 4. The Bertz CT molecular complexity index is 562. The molecule has 120 valence electrons. The van der Waals surface area contributed by atoms with Crippen molar-refractivity contribution in [1.82, 2.24) is 9.29 Å². The maximum Gasteiger partial charge on any atom is 0.242 e. The van der Waals surface area contributed by atoms with E-state index in [-0.39, 0.29) is 6.54 Å². The van der Waals surface area contributed by atoms with Crippen molar-refractivity contribution in [2.75, 3.05) is 19.8 Å². The van der Waals surface area contributed by atoms with Gasteiger partial charge in [0.25, 0.3) is 0 Å². The van der Waals surface area contributed by atoms with Crippen LogP contribution >= 0.6 is 0 Å². The summed E-state index contributed by atoms with van der Waals surface area (Å²) in [7, 11) is -3.48. The summed E-state index contributed by atoms with van der Waals surface area (Å²) in [4.78, 5) is 0.290. The third-order valence-corrected chi connectivity index (χ3v) is 4.78. The van der Waals surface area contributed by atoms with Crippen molar-refractivity contribution in [3.05, 3.63) is 18.0 Å². The second-order valence-electron chi connectivity index (χ2n) is 5.88. The maximum atomic E-state index is 12.2. The van der Waals surface area contributed by atoms with E-state index in [4.69, 9.17) is 10.5 Å². The number of aromatic nitrogens is 1. The van der Waals surface area contributed by atoms with Gasteiger partial charge in [-0.2, -0.15) is 0 Å². The summed E-state index contributed by atoms with van der Waals surface area (Å²) in [5, 5.41) is 0. The van der Waals surface area contributed by atoms with Crippen LogP contribution in [-0.4, -0.2) is 32.7 Å². The molecule has 1 heterocycles. The van der Waals surface area contributed by atoms with E-state index in [9.17, 15) is 8.42 Å². The molecule has 0 spiro atoms. The SMILES string of the molecule is CC(C)COCCNS(=O)(=O)c1cc(CN)n(C2CC2)c1. The molecule has 1 aromatic heterocycles. The minimum absolute atomic E-state index is 0.279. The third kappa shape index (κ3) is 4.54. The summed E-state index contributed by atoms with van der Waals surface area (Å²) >= 11 is 0. The highest BCUT2D eigenvalue weighted by molar-refractivity contribution is 7.89. The molecule has 1 aromatic rings. The summed E-state index contributed by atoms with van der Waals surface area (Å²) in [6, 6.07) is 2.08. The Morgan fingerprint density at radius 2 is 2.19 bits per heavy atom. The zero-order valence-electron chi connectivity index (χ0n) is 12.7. The van der Waals surface area contributed by atoms with Crippen molar-refractivity contribution < 1.29 is 13.2 Å². The van der Waals surface area contributed by atoms with Gasteiger partial charge in [-0.25, -0.2) is 13.1 Å². The quantitative estimate of drug-likeness (QED) is 0.671. The van der Waals surface area contributed by atoms with E-state index in [0.717, 1.165) is 18.5 Å². The largest absolute Gasteiger partial charge is 0.380 e. The molecule has 6 nitrogen and oxygen atoms in total. The first kappa shape index (κ1) is 16.5. The Kier molecular flexibility index (Phi) is 5.43. The average Bonchev–Trinajstić information content (AvgIpc) is 3.16. The highest BCUT2D eigenvalue weighted by Gasteiger charge is 2.27. The van der Waals surface area contributed by atoms with Gasteiger partial charge in [0.2, 0.25) is 10.0 Å². The summed E-state index contributed by atoms with van der Waals surface area (Å²) in [5.41, 5.74) is 6.55. The fourth-order valence-electron chi connectivity index (χ4n) is 2.15. The highest BCUT2D eigenvalue weighted by Crippen LogP contribution is 2.37. The van der Waals surface area contributed by atoms with Gasteiger partial charge >= 0.3 is 0 Å². The van der Waals surface area contributed by atoms with Gasteiger partial charge in [-0.3, -0.25) is 0 Å². The number of hydrogen-bond donors (Lipinski definition) is 2. The van der Waals surface area contributed by atoms with Crippen LogP contribution in [-0.2, 0) is 21.3 Å². The molecule has 0 unspecified atom stereocenters. The molecule has 21 heavy (non-hydrogen) atoms. The molecule has 2 rings (SSSR count). The molecule has 0 saturated heterocycles. The summed E-state index contributed by atoms with van der Waals surface area (Å²) < 4.78 is 34.4. The van der Waals surface area contributed by atoms with Gasteiger partial charge in [0.05, 0.1) is 11.5 Å². The highest BCUT2D eigenvalue weighted by atomic mass is 32.2. The fraction of sp³-hybridized carbons (Fsp3) is 0.714. The number of ether oxygens (including phenoxy) is 1. The second kappa shape index (κ2) is 6.91. The molecule has 0 amide bonds. The Morgan fingerprint density at radius 3 is 2.76 bits per heavy atom. The molecule has 1 fully saturated rings. The molecule has 0 aliphatic heterocycles. The molecular formula is C14H25N3O3S. The topological polar surface area (TPSA) is 86.3 Å². The number of nitrogens with two attached hydrogens (primary N) is 1. The number of nitrogens with one attached hydrogen (secondary N) is 1. The molecule has 0 bridgehead atoms. The monoisotopic (exact) mass is 315 g/mol. The zero-order valence-corrected chi connectivity index (χ0v) is 13.5. The lowest BCUT2D eigenvalue weighted by atomic mass is 10.2. The fourth-order valence-corrected chi connectivity index (χ4v) is 3.21. The summed E-state index contributed by atoms with van der Waals surface area (Å²) in [6.45, 7) is 5.75. The molecule has 0 atom stereocenters. The lowest BCUT2D eigenvalue weighted by Gasteiger charge is -2.08. The van der Waals surface area contributed by atoms with E-state index in [1.807, 2.05) is 4.57 Å². The van der Waals surface area contributed by atoms with Crippen LogP contribution in [0.4, 0.5) is 0 Å². The third-order valence-electron chi connectivity index (χ3n) is 3.36. The Hall–Kier alpha value is -0.890. The van der Waals surface area contributed by atoms with Crippen molar-refractivity contribution in [3.63, 3.8) is 0 Å². The van der Waals surface area contributed by atoms with Crippen molar-refractivity contribution in [2.24, 2.45) is 11.7 Å². The van der Waals surface area contributed by atoms with E-state index in [1.165, 1.54) is 0 Å². The summed E-state index contributed by atoms with van der Waals surface area (Å²) in [6.07, 6.45) is 3.88. The van der Waals surface area contributed by atoms with Crippen LogP contribution in [0, 0.1) is 5.92 Å². The molecule has 1 aliphatic rings. The van der Waals surface area contributed by atoms with Gasteiger partial charge in [0, 0.05) is 37.6 Å². The zero-order chi connectivity index (χ0) is 15.5. The Balaban J connectivity index is 1.93. The van der Waals surface area contributed by atoms with Crippen molar-refractivity contribution in [3.8, 4) is 0 Å². The maximum absolute atomic E-state index is 12.2. The van der Waals surface area contributed by atoms with Gasteiger partial charge in [0.1, 0.15) is 0 Å². The van der Waals surface area contributed by atoms with Gasteiger partial charge in [-0.15, -0.1) is 0 Å². The predicted octanol–water partition coefficient (Wildman–Crippen LogP) is 1.23. The van der Waals surface area contributed by atoms with E-state index < -0.39 is 10.0 Å². The van der Waals surface area contributed by atoms with Crippen LogP contribution in [0.15, 0.2) is 17.2 Å². The molecule has 0 radical (unpaired) electrons. The number of nitrogens with zero attached hydrogens (tertiary/aromatic N) is 1. The van der Waals surface area contributed by atoms with Gasteiger partial charge in [0.15, 0.2) is 0 Å². The lowest BCUT2D eigenvalue weighted by molar-refractivity contribution is 0.114. The van der Waals surface area contributed by atoms with Crippen molar-refractivity contribution >= 4 is 10.0 Å². The molecular weight excluding hydrogens is 290 g/mol. The van der Waals surface area contributed by atoms with Crippen molar-refractivity contribution in [1.29, 1.82) is 0 Å². The van der Waals surface area contributed by atoms with E-state index in [2.05, 4.69) is 18.6 Å². The average molecular weight is 315 g/mol. The normalized spacial score (nSPS) is 15.8. The van der Waals surface area contributed by atoms with Gasteiger partial charge in [-0.1, -0.05) is 13.8 Å². The first-order valence-corrected chi connectivity index (χ1v) is 8.90. The van der Waals surface area contributed by atoms with Crippen LogP contribution in [0.2, 0.25) is 0 Å². The predicted molar refractivity (Wildman–Crippen MR) is 81.4 cm³/mol. The smallest absolute Gasteiger partial charge is 0.242 e. The first-order valence-electron chi connectivity index (χ1n) is 7.42. The van der Waals surface area contributed by atoms with Crippen LogP contribution in [0.5, 0.6) is 0 Å². The second-order valence-corrected chi connectivity index (χ2v) is 7.64. The van der Waals surface area contributed by atoms with E-state index >= 15 is 0 Å². The van der Waals surface area contributed by atoms with E-state index in [0.29, 0.717) is 36.6 Å². The minimum atomic E-state index is -3.48. The Morgan fingerprint density at radius 1 is 1.48 bits per heavy atom. The van der Waals surface area contributed by atoms with Crippen LogP contribution in [0.3, 0.4) is 0 Å². The van der Waals surface area contributed by atoms with Gasteiger partial charge in [-0.05, 0) is 24.8 Å². The molecule has 1 saturated carbocycles. The van der Waals surface area contributed by atoms with Crippen LogP contribution in [0.25, 0.3) is 0 Å². The minimum Gasteiger partial charge on any atom is -0.380 e. The molecule has 1 aliphatic carbocycles. The Labute approximate surface area is 126 Å². The van der Waals surface area contributed by atoms with Crippen LogP contribution in [0.1, 0.15) is 38.4 Å². The van der Waals surface area contributed by atoms with Crippen molar-refractivity contribution in [2.45, 2.75) is 44.2 Å². The van der Waals surface area contributed by atoms with E-state index in [1.54, 1.807) is 12.3 Å². The van der Waals surface area contributed by atoms with Crippen LogP contribution < -0.4 is 10.5 Å². The molecule has 0 aromatic carbocycles.